The summed E-state index contributed by atoms with van der Waals surface area (Å²) in [6.45, 7) is 1.03. The standard InChI is InChI=1S/C25H29ClN4O3S/c1-30-12-11-25(15-7-8-18(32-2)19(13-15)33-3)10-9-16(14-21(25)30)27-23(31)29-24-28-22-17(26)5-4-6-20(22)34-24/h4-8,13,16,21H,9-12,14H2,1-3H3,(H2,27,28,29,31)/t16-,21+,25-/m0/s1. The molecule has 9 heteroatoms. The number of carbonyl (C=O) groups excluding carboxylic acids is 1. The lowest BCUT2D eigenvalue weighted by Crippen LogP contribution is -2.52. The van der Waals surface area contributed by atoms with Crippen molar-refractivity contribution in [1.29, 1.82) is 0 Å². The third-order valence-corrected chi connectivity index (χ3v) is 8.65. The number of rotatable bonds is 5. The van der Waals surface area contributed by atoms with Gasteiger partial charge in [0.2, 0.25) is 0 Å². The fourth-order valence-electron chi connectivity index (χ4n) is 5.68. The second kappa shape index (κ2) is 9.24. The van der Waals surface area contributed by atoms with Crippen LogP contribution in [0.3, 0.4) is 0 Å². The van der Waals surface area contributed by atoms with Gasteiger partial charge in [-0.2, -0.15) is 0 Å². The van der Waals surface area contributed by atoms with Crippen molar-refractivity contribution in [3.05, 3.63) is 47.0 Å². The van der Waals surface area contributed by atoms with Crippen molar-refractivity contribution in [3.8, 4) is 11.5 Å². The highest BCUT2D eigenvalue weighted by Gasteiger charge is 2.50. The summed E-state index contributed by atoms with van der Waals surface area (Å²) in [7, 11) is 5.52. The van der Waals surface area contributed by atoms with E-state index in [4.69, 9.17) is 21.1 Å². The van der Waals surface area contributed by atoms with E-state index in [2.05, 4.69) is 39.7 Å². The number of hydrogen-bond acceptors (Lipinski definition) is 6. The molecule has 1 saturated heterocycles. The smallest absolute Gasteiger partial charge is 0.321 e. The van der Waals surface area contributed by atoms with Crippen molar-refractivity contribution in [3.63, 3.8) is 0 Å². The molecule has 34 heavy (non-hydrogen) atoms. The molecule has 2 aliphatic rings. The molecular formula is C25H29ClN4O3S. The average Bonchev–Trinajstić information content (AvgIpc) is 3.40. The molecule has 3 aromatic rings. The van der Waals surface area contributed by atoms with Gasteiger partial charge in [-0.25, -0.2) is 9.78 Å². The van der Waals surface area contributed by atoms with Crippen LogP contribution in [0, 0.1) is 0 Å². The van der Waals surface area contributed by atoms with Crippen molar-refractivity contribution in [1.82, 2.24) is 15.2 Å². The Kier molecular flexibility index (Phi) is 6.31. The fourth-order valence-corrected chi connectivity index (χ4v) is 6.84. The molecule has 2 N–H and O–H groups in total. The number of carbonyl (C=O) groups is 1. The molecule has 180 valence electrons. The topological polar surface area (TPSA) is 75.7 Å². The molecule has 1 aromatic heterocycles. The maximum atomic E-state index is 12.8. The van der Waals surface area contributed by atoms with E-state index in [1.165, 1.54) is 16.9 Å². The number of amides is 2. The Balaban J connectivity index is 1.29. The third-order valence-electron chi connectivity index (χ3n) is 7.41. The lowest BCUT2D eigenvalue weighted by molar-refractivity contribution is 0.156. The van der Waals surface area contributed by atoms with Gasteiger partial charge in [-0.1, -0.05) is 35.1 Å². The highest BCUT2D eigenvalue weighted by atomic mass is 35.5. The first-order valence-corrected chi connectivity index (χ1v) is 12.7. The van der Waals surface area contributed by atoms with Crippen LogP contribution in [0.4, 0.5) is 9.93 Å². The molecule has 1 saturated carbocycles. The van der Waals surface area contributed by atoms with Gasteiger partial charge in [-0.15, -0.1) is 0 Å². The number of nitrogens with one attached hydrogen (secondary N) is 2. The Morgan fingerprint density at radius 3 is 2.79 bits per heavy atom. The fraction of sp³-hybridized carbons (Fsp3) is 0.440. The summed E-state index contributed by atoms with van der Waals surface area (Å²) in [5, 5.41) is 7.22. The largest absolute Gasteiger partial charge is 0.493 e. The monoisotopic (exact) mass is 500 g/mol. The van der Waals surface area contributed by atoms with Crippen molar-refractivity contribution in [2.45, 2.75) is 43.2 Å². The van der Waals surface area contributed by atoms with Gasteiger partial charge in [0.05, 0.1) is 23.9 Å². The lowest BCUT2D eigenvalue weighted by atomic mass is 9.65. The Hall–Kier alpha value is -2.55. The predicted molar refractivity (Wildman–Crippen MR) is 137 cm³/mol. The van der Waals surface area contributed by atoms with Gasteiger partial charge in [0.1, 0.15) is 5.52 Å². The molecule has 0 radical (unpaired) electrons. The summed E-state index contributed by atoms with van der Waals surface area (Å²) < 4.78 is 12.0. The number of likely N-dealkylation sites (N-methyl/N-ethyl adjacent to an activating group) is 1. The number of methoxy groups -OCH3 is 2. The van der Waals surface area contributed by atoms with E-state index in [0.29, 0.717) is 16.2 Å². The summed E-state index contributed by atoms with van der Waals surface area (Å²) in [5.74, 6) is 1.51. The Bertz CT molecular complexity index is 1220. The van der Waals surface area contributed by atoms with Crippen LogP contribution < -0.4 is 20.1 Å². The number of fused-ring (bicyclic) bond motifs is 2. The number of anilines is 1. The molecule has 2 fully saturated rings. The zero-order chi connectivity index (χ0) is 23.9. The number of thiazole rings is 1. The zero-order valence-electron chi connectivity index (χ0n) is 19.6. The number of hydrogen-bond donors (Lipinski definition) is 2. The summed E-state index contributed by atoms with van der Waals surface area (Å²) in [4.78, 5) is 19.7. The van der Waals surface area contributed by atoms with Gasteiger partial charge in [-0.05, 0) is 69.1 Å². The van der Waals surface area contributed by atoms with Crippen LogP contribution in [0.2, 0.25) is 5.02 Å². The molecule has 0 spiro atoms. The van der Waals surface area contributed by atoms with E-state index < -0.39 is 0 Å². The van der Waals surface area contributed by atoms with E-state index in [9.17, 15) is 4.79 Å². The first-order valence-electron chi connectivity index (χ1n) is 11.5. The predicted octanol–water partition coefficient (Wildman–Crippen LogP) is 5.28. The number of para-hydroxylation sites is 1. The zero-order valence-corrected chi connectivity index (χ0v) is 21.1. The van der Waals surface area contributed by atoms with E-state index >= 15 is 0 Å². The summed E-state index contributed by atoms with van der Waals surface area (Å²) in [6, 6.07) is 12.2. The van der Waals surface area contributed by atoms with Crippen LogP contribution in [0.25, 0.3) is 10.2 Å². The van der Waals surface area contributed by atoms with E-state index in [1.54, 1.807) is 20.3 Å². The van der Waals surface area contributed by atoms with Crippen LogP contribution >= 0.6 is 22.9 Å². The molecule has 7 nitrogen and oxygen atoms in total. The minimum Gasteiger partial charge on any atom is -0.493 e. The number of likely N-dealkylation sites (tertiary alicyclic amines) is 1. The van der Waals surface area contributed by atoms with Crippen molar-refractivity contribution >= 4 is 44.3 Å². The molecule has 5 rings (SSSR count). The normalized spacial score (nSPS) is 24.6. The molecule has 0 bridgehead atoms. The summed E-state index contributed by atoms with van der Waals surface area (Å²) >= 11 is 7.65. The van der Waals surface area contributed by atoms with Gasteiger partial charge >= 0.3 is 6.03 Å². The number of nitrogens with zero attached hydrogens (tertiary/aromatic N) is 2. The highest BCUT2D eigenvalue weighted by Crippen LogP contribution is 2.49. The Morgan fingerprint density at radius 1 is 1.21 bits per heavy atom. The molecule has 1 aliphatic carbocycles. The summed E-state index contributed by atoms with van der Waals surface area (Å²) in [5.41, 5.74) is 2.05. The number of ether oxygens (including phenoxy) is 2. The Labute approximate surface area is 208 Å². The summed E-state index contributed by atoms with van der Waals surface area (Å²) in [6.07, 6.45) is 3.90. The van der Waals surface area contributed by atoms with E-state index in [0.717, 1.165) is 53.9 Å². The second-order valence-electron chi connectivity index (χ2n) is 9.15. The number of aromatic nitrogens is 1. The van der Waals surface area contributed by atoms with Gasteiger partial charge in [0.15, 0.2) is 16.6 Å². The lowest BCUT2D eigenvalue weighted by Gasteiger charge is -2.45. The van der Waals surface area contributed by atoms with Crippen molar-refractivity contribution < 1.29 is 14.3 Å². The SMILES string of the molecule is COc1ccc([C@@]23CC[C@H](NC(=O)Nc4nc5c(Cl)cccc5s4)C[C@H]2N(C)CC3)cc1OC. The molecular weight excluding hydrogens is 472 g/mol. The molecule has 0 unspecified atom stereocenters. The van der Waals surface area contributed by atoms with Crippen LogP contribution in [0.1, 0.15) is 31.2 Å². The van der Waals surface area contributed by atoms with E-state index in [1.807, 2.05) is 18.2 Å². The van der Waals surface area contributed by atoms with Gasteiger partial charge in [-0.3, -0.25) is 5.32 Å². The van der Waals surface area contributed by atoms with Crippen LogP contribution in [0.5, 0.6) is 11.5 Å². The maximum Gasteiger partial charge on any atom is 0.321 e. The first kappa shape index (κ1) is 23.2. The molecule has 3 atom stereocenters. The number of halogens is 1. The maximum absolute atomic E-state index is 12.8. The van der Waals surface area contributed by atoms with Gasteiger partial charge in [0.25, 0.3) is 0 Å². The Morgan fingerprint density at radius 2 is 2.03 bits per heavy atom. The average molecular weight is 501 g/mol. The number of benzene rings is 2. The minimum atomic E-state index is -0.223. The van der Waals surface area contributed by atoms with Crippen molar-refractivity contribution in [2.24, 2.45) is 0 Å². The van der Waals surface area contributed by atoms with Crippen LogP contribution in [-0.2, 0) is 5.41 Å². The van der Waals surface area contributed by atoms with Gasteiger partial charge < -0.3 is 19.7 Å². The minimum absolute atomic E-state index is 0.0484. The molecule has 2 amide bonds. The highest BCUT2D eigenvalue weighted by molar-refractivity contribution is 7.22. The van der Waals surface area contributed by atoms with Gasteiger partial charge in [0, 0.05) is 17.5 Å². The first-order chi connectivity index (χ1) is 16.4. The molecule has 2 heterocycles. The second-order valence-corrected chi connectivity index (χ2v) is 10.6. The third kappa shape index (κ3) is 4.08. The number of urea groups is 1. The van der Waals surface area contributed by atoms with Crippen molar-refractivity contribution in [2.75, 3.05) is 33.1 Å². The van der Waals surface area contributed by atoms with Crippen LogP contribution in [-0.4, -0.2) is 55.8 Å². The molecule has 2 aromatic carbocycles. The van der Waals surface area contributed by atoms with E-state index in [-0.39, 0.29) is 17.5 Å². The molecule has 1 aliphatic heterocycles. The van der Waals surface area contributed by atoms with Crippen LogP contribution in [0.15, 0.2) is 36.4 Å². The quantitative estimate of drug-likeness (QED) is 0.498.